The van der Waals surface area contributed by atoms with E-state index in [2.05, 4.69) is 6.92 Å². The van der Waals surface area contributed by atoms with E-state index in [9.17, 15) is 14.7 Å². The summed E-state index contributed by atoms with van der Waals surface area (Å²) < 4.78 is 11.1. The first-order chi connectivity index (χ1) is 11.0. The first-order valence-electron chi connectivity index (χ1n) is 9.16. The fourth-order valence-corrected chi connectivity index (χ4v) is 3.43. The quantitative estimate of drug-likeness (QED) is 0.634. The van der Waals surface area contributed by atoms with Crippen LogP contribution in [0.4, 0.5) is 0 Å². The second-order valence-corrected chi connectivity index (χ2v) is 6.90. The molecule has 2 aliphatic rings. The molecule has 3 atom stereocenters. The fourth-order valence-electron chi connectivity index (χ4n) is 3.43. The summed E-state index contributed by atoms with van der Waals surface area (Å²) in [7, 11) is 0. The van der Waals surface area contributed by atoms with Gasteiger partial charge in [-0.05, 0) is 32.1 Å². The second kappa shape index (κ2) is 8.78. The molecule has 2 rings (SSSR count). The van der Waals surface area contributed by atoms with Gasteiger partial charge in [0.1, 0.15) is 6.10 Å². The first-order valence-corrected chi connectivity index (χ1v) is 9.16. The van der Waals surface area contributed by atoms with Gasteiger partial charge in [0.2, 0.25) is 5.79 Å². The van der Waals surface area contributed by atoms with Crippen molar-refractivity contribution in [3.8, 4) is 0 Å². The average molecular weight is 326 g/mol. The Morgan fingerprint density at radius 3 is 2.74 bits per heavy atom. The molecule has 0 spiro atoms. The molecule has 5 heteroatoms. The van der Waals surface area contributed by atoms with Gasteiger partial charge in [-0.25, -0.2) is 0 Å². The summed E-state index contributed by atoms with van der Waals surface area (Å²) in [4.78, 5) is 24.0. The summed E-state index contributed by atoms with van der Waals surface area (Å²) in [5, 5.41) is 10.3. The highest BCUT2D eigenvalue weighted by Gasteiger charge is 2.46. The summed E-state index contributed by atoms with van der Waals surface area (Å²) in [5.41, 5.74) is 0. The minimum Gasteiger partial charge on any atom is -0.462 e. The number of ether oxygens (including phenoxy) is 2. The lowest BCUT2D eigenvalue weighted by molar-refractivity contribution is -0.200. The zero-order valence-electron chi connectivity index (χ0n) is 14.2. The number of hydrogen-bond acceptors (Lipinski definition) is 5. The number of hydrogen-bond donors (Lipinski definition) is 1. The molecule has 1 unspecified atom stereocenters. The number of fused-ring (bicyclic) bond motifs is 2. The van der Waals surface area contributed by atoms with Gasteiger partial charge in [0, 0.05) is 12.8 Å². The van der Waals surface area contributed by atoms with E-state index in [1.165, 1.54) is 0 Å². The van der Waals surface area contributed by atoms with Crippen LogP contribution in [-0.2, 0) is 19.1 Å². The highest BCUT2D eigenvalue weighted by molar-refractivity contribution is 5.88. The zero-order chi connectivity index (χ0) is 16.7. The Balaban J connectivity index is 1.93. The summed E-state index contributed by atoms with van der Waals surface area (Å²) in [5.74, 6) is -2.42. The van der Waals surface area contributed by atoms with Crippen LogP contribution in [0.5, 0.6) is 0 Å². The minimum atomic E-state index is -1.78. The summed E-state index contributed by atoms with van der Waals surface area (Å²) in [6.07, 6.45) is 9.06. The van der Waals surface area contributed by atoms with E-state index in [-0.39, 0.29) is 43.2 Å². The van der Waals surface area contributed by atoms with Crippen molar-refractivity contribution in [2.45, 2.75) is 102 Å². The number of aliphatic hydroxyl groups is 1. The predicted octanol–water partition coefficient (Wildman–Crippen LogP) is 3.27. The Bertz CT molecular complexity index is 408. The largest absolute Gasteiger partial charge is 0.462 e. The third-order valence-electron chi connectivity index (χ3n) is 4.86. The third-order valence-corrected chi connectivity index (χ3v) is 4.86. The number of esters is 1. The van der Waals surface area contributed by atoms with Crippen molar-refractivity contribution in [2.75, 3.05) is 0 Å². The van der Waals surface area contributed by atoms with E-state index in [0.29, 0.717) is 0 Å². The molecule has 2 aliphatic heterocycles. The Labute approximate surface area is 138 Å². The standard InChI is InChI=1S/C18H30O5/c1-2-3-5-8-14-9-6-4-7-10-15-13-16(19)18(21,23-15)12-11-17(20)22-14/h14-15,21H,2-13H2,1H3/t14-,15+,18?/m1/s1. The van der Waals surface area contributed by atoms with Gasteiger partial charge in [-0.15, -0.1) is 0 Å². The number of cyclic esters (lactones) is 1. The molecule has 0 aromatic heterocycles. The van der Waals surface area contributed by atoms with Crippen molar-refractivity contribution in [1.82, 2.24) is 0 Å². The topological polar surface area (TPSA) is 72.8 Å². The van der Waals surface area contributed by atoms with Crippen LogP contribution in [-0.4, -0.2) is 34.9 Å². The van der Waals surface area contributed by atoms with Crippen molar-refractivity contribution in [3.63, 3.8) is 0 Å². The van der Waals surface area contributed by atoms with Gasteiger partial charge in [0.15, 0.2) is 5.78 Å². The van der Waals surface area contributed by atoms with Gasteiger partial charge >= 0.3 is 5.97 Å². The van der Waals surface area contributed by atoms with Crippen molar-refractivity contribution in [2.24, 2.45) is 0 Å². The minimum absolute atomic E-state index is 0.00282. The highest BCUT2D eigenvalue weighted by Crippen LogP contribution is 2.32. The second-order valence-electron chi connectivity index (χ2n) is 6.90. The summed E-state index contributed by atoms with van der Waals surface area (Å²) >= 11 is 0. The molecular weight excluding hydrogens is 296 g/mol. The van der Waals surface area contributed by atoms with Crippen molar-refractivity contribution in [3.05, 3.63) is 0 Å². The van der Waals surface area contributed by atoms with E-state index in [4.69, 9.17) is 9.47 Å². The van der Waals surface area contributed by atoms with Crippen LogP contribution >= 0.6 is 0 Å². The van der Waals surface area contributed by atoms with Gasteiger partial charge in [0.25, 0.3) is 0 Å². The van der Waals surface area contributed by atoms with Crippen LogP contribution in [0, 0.1) is 0 Å². The Morgan fingerprint density at radius 2 is 1.96 bits per heavy atom. The van der Waals surface area contributed by atoms with Crippen LogP contribution < -0.4 is 0 Å². The smallest absolute Gasteiger partial charge is 0.306 e. The Kier molecular flexibility index (Phi) is 7.03. The number of Topliss-reactive ketones (excluding diaryl/α,β-unsaturated/α-hetero) is 1. The molecule has 0 aromatic rings. The predicted molar refractivity (Wildman–Crippen MR) is 85.8 cm³/mol. The van der Waals surface area contributed by atoms with Gasteiger partial charge in [-0.1, -0.05) is 32.6 Å². The summed E-state index contributed by atoms with van der Waals surface area (Å²) in [6, 6.07) is 0. The number of carbonyl (C=O) groups excluding carboxylic acids is 2. The third kappa shape index (κ3) is 5.57. The van der Waals surface area contributed by atoms with Crippen LogP contribution in [0.2, 0.25) is 0 Å². The molecule has 0 aromatic carbocycles. The van der Waals surface area contributed by atoms with Crippen molar-refractivity contribution < 1.29 is 24.2 Å². The summed E-state index contributed by atoms with van der Waals surface area (Å²) in [6.45, 7) is 2.16. The van der Waals surface area contributed by atoms with E-state index >= 15 is 0 Å². The molecule has 23 heavy (non-hydrogen) atoms. The molecule has 0 saturated carbocycles. The van der Waals surface area contributed by atoms with Crippen LogP contribution in [0.3, 0.4) is 0 Å². The van der Waals surface area contributed by atoms with Crippen molar-refractivity contribution >= 4 is 11.8 Å². The van der Waals surface area contributed by atoms with Gasteiger partial charge in [0.05, 0.1) is 12.5 Å². The van der Waals surface area contributed by atoms with Crippen LogP contribution in [0.15, 0.2) is 0 Å². The molecule has 2 fully saturated rings. The van der Waals surface area contributed by atoms with Crippen LogP contribution in [0.1, 0.15) is 84.0 Å². The highest BCUT2D eigenvalue weighted by atomic mass is 16.6. The van der Waals surface area contributed by atoms with E-state index in [1.807, 2.05) is 0 Å². The van der Waals surface area contributed by atoms with Crippen molar-refractivity contribution in [1.29, 1.82) is 0 Å². The maximum Gasteiger partial charge on any atom is 0.306 e. The van der Waals surface area contributed by atoms with Gasteiger partial charge < -0.3 is 14.6 Å². The van der Waals surface area contributed by atoms with Gasteiger partial charge in [-0.2, -0.15) is 0 Å². The molecule has 0 amide bonds. The normalized spacial score (nSPS) is 33.5. The molecule has 2 heterocycles. The fraction of sp³-hybridized carbons (Fsp3) is 0.889. The Hall–Kier alpha value is -0.940. The van der Waals surface area contributed by atoms with Crippen LogP contribution in [0.25, 0.3) is 0 Å². The maximum absolute atomic E-state index is 12.1. The molecule has 1 N–H and O–H groups in total. The van der Waals surface area contributed by atoms with E-state index < -0.39 is 5.79 Å². The lowest BCUT2D eigenvalue weighted by Crippen LogP contribution is -2.36. The molecule has 2 saturated heterocycles. The number of unbranched alkanes of at least 4 members (excludes halogenated alkanes) is 2. The molecule has 132 valence electrons. The molecule has 0 aliphatic carbocycles. The number of ketones is 1. The molecule has 5 nitrogen and oxygen atoms in total. The molecule has 2 bridgehead atoms. The molecule has 0 radical (unpaired) electrons. The Morgan fingerprint density at radius 1 is 1.17 bits per heavy atom. The molecular formula is C18H30O5. The van der Waals surface area contributed by atoms with E-state index in [0.717, 1.165) is 57.8 Å². The number of carbonyl (C=O) groups is 2. The zero-order valence-corrected chi connectivity index (χ0v) is 14.2. The number of rotatable bonds is 4. The monoisotopic (exact) mass is 326 g/mol. The van der Waals surface area contributed by atoms with E-state index in [1.54, 1.807) is 0 Å². The average Bonchev–Trinajstić information content (AvgIpc) is 2.80. The SMILES string of the molecule is CCCCC[C@@H]1CCCCC[C@H]2CC(=O)C(O)(CCC(=O)O1)O2. The first kappa shape index (κ1) is 18.4. The maximum atomic E-state index is 12.1. The van der Waals surface area contributed by atoms with Gasteiger partial charge in [-0.3, -0.25) is 9.59 Å². The lowest BCUT2D eigenvalue weighted by Gasteiger charge is -2.22. The lowest BCUT2D eigenvalue weighted by atomic mass is 10.00.